The summed E-state index contributed by atoms with van der Waals surface area (Å²) >= 11 is 0. The van der Waals surface area contributed by atoms with Gasteiger partial charge in [0.2, 0.25) is 0 Å². The fourth-order valence-electron chi connectivity index (χ4n) is 3.05. The third kappa shape index (κ3) is 3.15. The van der Waals surface area contributed by atoms with Gasteiger partial charge in [-0.1, -0.05) is 66.7 Å². The molecule has 0 radical (unpaired) electrons. The summed E-state index contributed by atoms with van der Waals surface area (Å²) in [6.07, 6.45) is -2.04. The lowest BCUT2D eigenvalue weighted by Gasteiger charge is -2.38. The van der Waals surface area contributed by atoms with Crippen LogP contribution < -0.4 is 0 Å². The van der Waals surface area contributed by atoms with Crippen LogP contribution in [0.4, 0.5) is 13.2 Å². The lowest BCUT2D eigenvalue weighted by atomic mass is 9.73. The van der Waals surface area contributed by atoms with Crippen LogP contribution in [0.25, 0.3) is 0 Å². The lowest BCUT2D eigenvalue weighted by molar-refractivity contribution is -0.272. The van der Waals surface area contributed by atoms with E-state index in [0.29, 0.717) is 5.56 Å². The maximum Gasteiger partial charge on any atom is 0.422 e. The number of nitrogens with zero attached hydrogens (tertiary/aromatic N) is 1. The Kier molecular flexibility index (Phi) is 4.59. The fourth-order valence-corrected chi connectivity index (χ4v) is 3.05. The van der Waals surface area contributed by atoms with Gasteiger partial charge in [0.15, 0.2) is 5.60 Å². The lowest BCUT2D eigenvalue weighted by Crippen LogP contribution is -2.47. The molecular formula is C20H16F3NO. The van der Waals surface area contributed by atoms with Crippen molar-refractivity contribution in [2.75, 3.05) is 0 Å². The summed E-state index contributed by atoms with van der Waals surface area (Å²) in [4.78, 5) is 3.94. The molecule has 0 aliphatic heterocycles. The summed E-state index contributed by atoms with van der Waals surface area (Å²) < 4.78 is 42.4. The van der Waals surface area contributed by atoms with Crippen molar-refractivity contribution in [3.8, 4) is 0 Å². The van der Waals surface area contributed by atoms with Gasteiger partial charge in [-0.15, -0.1) is 0 Å². The zero-order valence-electron chi connectivity index (χ0n) is 13.2. The molecule has 0 fully saturated rings. The number of aliphatic hydroxyl groups is 1. The Balaban J connectivity index is 2.29. The summed E-state index contributed by atoms with van der Waals surface area (Å²) in [6.45, 7) is 0. The number of hydrogen-bond donors (Lipinski definition) is 1. The molecule has 1 heterocycles. The van der Waals surface area contributed by atoms with E-state index < -0.39 is 17.7 Å². The van der Waals surface area contributed by atoms with E-state index in [4.69, 9.17) is 0 Å². The van der Waals surface area contributed by atoms with Crippen LogP contribution in [0.1, 0.15) is 22.6 Å². The zero-order chi connectivity index (χ0) is 17.9. The summed E-state index contributed by atoms with van der Waals surface area (Å²) in [6, 6.07) is 18.5. The number of alkyl halides is 3. The molecule has 0 aliphatic carbocycles. The normalized spacial score (nSPS) is 15.4. The van der Waals surface area contributed by atoms with Crippen LogP contribution >= 0.6 is 0 Å². The third-order valence-corrected chi connectivity index (χ3v) is 4.21. The molecule has 128 valence electrons. The topological polar surface area (TPSA) is 33.1 Å². The smallest absolute Gasteiger partial charge is 0.376 e. The summed E-state index contributed by atoms with van der Waals surface area (Å²) in [5.74, 6) is -1.34. The number of rotatable bonds is 4. The van der Waals surface area contributed by atoms with Crippen LogP contribution in [0.3, 0.4) is 0 Å². The van der Waals surface area contributed by atoms with E-state index in [1.165, 1.54) is 36.7 Å². The van der Waals surface area contributed by atoms with Gasteiger partial charge < -0.3 is 5.11 Å². The van der Waals surface area contributed by atoms with E-state index in [1.54, 1.807) is 48.5 Å². The standard InChI is InChI=1S/C20H16F3NO/c21-20(22,23)19(25,17-11-5-2-6-12-17)18(15-8-3-1-4-9-15)16-10-7-13-24-14-16/h1-14,18,25H/t18-,19-/m0/s1. The Morgan fingerprint density at radius 1 is 0.760 bits per heavy atom. The second-order valence-electron chi connectivity index (χ2n) is 5.76. The van der Waals surface area contributed by atoms with Crippen molar-refractivity contribution in [2.24, 2.45) is 0 Å². The van der Waals surface area contributed by atoms with Crippen LogP contribution in [0.15, 0.2) is 85.2 Å². The van der Waals surface area contributed by atoms with Gasteiger partial charge in [-0.2, -0.15) is 13.2 Å². The molecule has 0 saturated carbocycles. The molecule has 3 rings (SSSR count). The quantitative estimate of drug-likeness (QED) is 0.747. The molecule has 1 aromatic heterocycles. The molecule has 1 N–H and O–H groups in total. The van der Waals surface area contributed by atoms with Gasteiger partial charge in [0.25, 0.3) is 0 Å². The Morgan fingerprint density at radius 2 is 1.32 bits per heavy atom. The first-order chi connectivity index (χ1) is 11.9. The number of aromatic nitrogens is 1. The van der Waals surface area contributed by atoms with Crippen molar-refractivity contribution >= 4 is 0 Å². The van der Waals surface area contributed by atoms with Crippen LogP contribution in [-0.4, -0.2) is 16.3 Å². The van der Waals surface area contributed by atoms with Crippen LogP contribution in [-0.2, 0) is 5.60 Å². The largest absolute Gasteiger partial charge is 0.422 e. The minimum absolute atomic E-state index is 0.208. The highest BCUT2D eigenvalue weighted by Gasteiger charge is 2.60. The molecule has 0 spiro atoms. The van der Waals surface area contributed by atoms with Gasteiger partial charge >= 0.3 is 6.18 Å². The van der Waals surface area contributed by atoms with Crippen molar-refractivity contribution in [1.29, 1.82) is 0 Å². The Morgan fingerprint density at radius 3 is 1.84 bits per heavy atom. The SMILES string of the molecule is O[C@@](c1ccccc1)([C@@H](c1ccccc1)c1cccnc1)C(F)(F)F. The molecule has 0 amide bonds. The average molecular weight is 343 g/mol. The van der Waals surface area contributed by atoms with Crippen LogP contribution in [0, 0.1) is 0 Å². The minimum Gasteiger partial charge on any atom is -0.376 e. The van der Waals surface area contributed by atoms with Gasteiger partial charge in [0, 0.05) is 12.4 Å². The molecule has 0 bridgehead atoms. The number of hydrogen-bond acceptors (Lipinski definition) is 2. The van der Waals surface area contributed by atoms with Crippen LogP contribution in [0.5, 0.6) is 0 Å². The van der Waals surface area contributed by atoms with E-state index in [-0.39, 0.29) is 11.1 Å². The van der Waals surface area contributed by atoms with Gasteiger partial charge in [0.05, 0.1) is 5.92 Å². The van der Waals surface area contributed by atoms with Crippen LogP contribution in [0.2, 0.25) is 0 Å². The van der Waals surface area contributed by atoms with Crippen molar-refractivity contribution < 1.29 is 18.3 Å². The predicted octanol–water partition coefficient (Wildman–Crippen LogP) is 4.66. The van der Waals surface area contributed by atoms with E-state index in [0.717, 1.165) is 0 Å². The number of pyridine rings is 1. The number of halogens is 3. The van der Waals surface area contributed by atoms with E-state index >= 15 is 0 Å². The van der Waals surface area contributed by atoms with E-state index in [2.05, 4.69) is 4.98 Å². The van der Waals surface area contributed by atoms with E-state index in [9.17, 15) is 18.3 Å². The average Bonchev–Trinajstić information content (AvgIpc) is 2.63. The summed E-state index contributed by atoms with van der Waals surface area (Å²) in [5, 5.41) is 11.0. The first-order valence-corrected chi connectivity index (χ1v) is 7.74. The molecule has 0 unspecified atom stereocenters. The molecule has 0 saturated heterocycles. The Hall–Kier alpha value is -2.66. The molecule has 5 heteroatoms. The van der Waals surface area contributed by atoms with Crippen molar-refractivity contribution in [1.82, 2.24) is 4.98 Å². The maximum absolute atomic E-state index is 14.1. The monoisotopic (exact) mass is 343 g/mol. The third-order valence-electron chi connectivity index (χ3n) is 4.21. The van der Waals surface area contributed by atoms with Gasteiger partial charge in [0.1, 0.15) is 0 Å². The highest BCUT2D eigenvalue weighted by molar-refractivity contribution is 5.40. The molecular weight excluding hydrogens is 327 g/mol. The molecule has 2 nitrogen and oxygen atoms in total. The molecule has 25 heavy (non-hydrogen) atoms. The first kappa shape index (κ1) is 17.2. The highest BCUT2D eigenvalue weighted by Crippen LogP contribution is 2.51. The highest BCUT2D eigenvalue weighted by atomic mass is 19.4. The Bertz CT molecular complexity index is 767. The number of benzene rings is 2. The summed E-state index contributed by atoms with van der Waals surface area (Å²) in [7, 11) is 0. The second kappa shape index (κ2) is 6.69. The van der Waals surface area contributed by atoms with Gasteiger partial charge in [-0.05, 0) is 22.8 Å². The van der Waals surface area contributed by atoms with Crippen molar-refractivity contribution in [3.05, 3.63) is 102 Å². The van der Waals surface area contributed by atoms with Crippen molar-refractivity contribution in [3.63, 3.8) is 0 Å². The predicted molar refractivity (Wildman–Crippen MR) is 88.9 cm³/mol. The van der Waals surface area contributed by atoms with Gasteiger partial charge in [-0.3, -0.25) is 4.98 Å². The van der Waals surface area contributed by atoms with Gasteiger partial charge in [-0.25, -0.2) is 0 Å². The Labute approximate surface area is 143 Å². The molecule has 2 aromatic carbocycles. The molecule has 2 atom stereocenters. The van der Waals surface area contributed by atoms with Crippen molar-refractivity contribution in [2.45, 2.75) is 17.7 Å². The first-order valence-electron chi connectivity index (χ1n) is 7.74. The maximum atomic E-state index is 14.1. The summed E-state index contributed by atoms with van der Waals surface area (Å²) in [5.41, 5.74) is -2.64. The molecule has 0 aliphatic rings. The van der Waals surface area contributed by atoms with E-state index in [1.807, 2.05) is 0 Å². The molecule has 3 aromatic rings. The second-order valence-corrected chi connectivity index (χ2v) is 5.76. The fraction of sp³-hybridized carbons (Fsp3) is 0.150. The minimum atomic E-state index is -4.88. The zero-order valence-corrected chi connectivity index (χ0v) is 13.2.